The van der Waals surface area contributed by atoms with Crippen LogP contribution < -0.4 is 0 Å². The number of allylic oxidation sites excluding steroid dienone is 8. The SMILES string of the molecule is CCCCC/C=C\C/C=C\CCCCCCCC(=O)OC(COC(=O)CCCCCCC)COC(=O)CCCCCCCCC/C=C\C/C=C\CCCCCC. The Kier molecular flexibility index (Phi) is 43.0. The van der Waals surface area contributed by atoms with Gasteiger partial charge in [-0.15, -0.1) is 0 Å². The average Bonchev–Trinajstić information content (AvgIpc) is 3.19. The molecule has 0 aliphatic carbocycles. The number of hydrogen-bond acceptors (Lipinski definition) is 6. The van der Waals surface area contributed by atoms with Crippen molar-refractivity contribution >= 4 is 17.9 Å². The zero-order chi connectivity index (χ0) is 40.8. The molecule has 0 heterocycles. The van der Waals surface area contributed by atoms with Crippen LogP contribution in [0.3, 0.4) is 0 Å². The van der Waals surface area contributed by atoms with Crippen LogP contribution >= 0.6 is 0 Å². The first-order chi connectivity index (χ1) is 27.5. The molecular weight excluding hydrogens is 697 g/mol. The lowest BCUT2D eigenvalue weighted by Crippen LogP contribution is -2.30. The molecule has 6 nitrogen and oxygen atoms in total. The van der Waals surface area contributed by atoms with Gasteiger partial charge in [0.25, 0.3) is 0 Å². The highest BCUT2D eigenvalue weighted by Gasteiger charge is 2.19. The maximum atomic E-state index is 12.7. The summed E-state index contributed by atoms with van der Waals surface area (Å²) >= 11 is 0. The third-order valence-electron chi connectivity index (χ3n) is 10.1. The summed E-state index contributed by atoms with van der Waals surface area (Å²) < 4.78 is 16.6. The van der Waals surface area contributed by atoms with Crippen molar-refractivity contribution in [3.63, 3.8) is 0 Å². The van der Waals surface area contributed by atoms with E-state index in [1.807, 2.05) is 0 Å². The van der Waals surface area contributed by atoms with E-state index in [2.05, 4.69) is 69.4 Å². The molecular formula is C50H88O6. The summed E-state index contributed by atoms with van der Waals surface area (Å²) in [6.45, 7) is 6.49. The number of hydrogen-bond donors (Lipinski definition) is 0. The van der Waals surface area contributed by atoms with E-state index in [9.17, 15) is 14.4 Å². The van der Waals surface area contributed by atoms with Gasteiger partial charge in [-0.25, -0.2) is 0 Å². The second-order valence-electron chi connectivity index (χ2n) is 15.7. The molecule has 0 aromatic carbocycles. The van der Waals surface area contributed by atoms with Crippen molar-refractivity contribution in [1.82, 2.24) is 0 Å². The van der Waals surface area contributed by atoms with E-state index in [0.29, 0.717) is 19.3 Å². The minimum atomic E-state index is -0.778. The van der Waals surface area contributed by atoms with Gasteiger partial charge in [0.2, 0.25) is 0 Å². The van der Waals surface area contributed by atoms with Gasteiger partial charge in [0, 0.05) is 19.3 Å². The normalized spacial score (nSPS) is 12.4. The van der Waals surface area contributed by atoms with E-state index in [0.717, 1.165) is 103 Å². The van der Waals surface area contributed by atoms with E-state index < -0.39 is 6.10 Å². The molecule has 0 aliphatic rings. The Morgan fingerprint density at radius 1 is 0.357 bits per heavy atom. The standard InChI is InChI=1S/C50H88O6/c1-4-7-10-13-15-17-19-21-23-24-25-27-28-30-32-34-37-40-43-49(52)55-46-47(45-54-48(51)42-39-36-12-9-6-3)56-50(53)44-41-38-35-33-31-29-26-22-20-18-16-14-11-8-5-2/h16-19,22-24,26,47H,4-15,20-21,25,27-46H2,1-3H3/b18-16-,19-17-,24-23-,26-22-. The molecule has 0 radical (unpaired) electrons. The molecule has 0 spiro atoms. The molecule has 1 atom stereocenters. The lowest BCUT2D eigenvalue weighted by molar-refractivity contribution is -0.167. The first kappa shape index (κ1) is 53.4. The molecule has 0 amide bonds. The number of carbonyl (C=O) groups excluding carboxylic acids is 3. The highest BCUT2D eigenvalue weighted by atomic mass is 16.6. The third-order valence-corrected chi connectivity index (χ3v) is 10.1. The smallest absolute Gasteiger partial charge is 0.306 e. The molecule has 0 aromatic rings. The molecule has 1 unspecified atom stereocenters. The fourth-order valence-electron chi connectivity index (χ4n) is 6.44. The van der Waals surface area contributed by atoms with Gasteiger partial charge in [0.05, 0.1) is 0 Å². The highest BCUT2D eigenvalue weighted by Crippen LogP contribution is 2.13. The Bertz CT molecular complexity index is 996. The summed E-state index contributed by atoms with van der Waals surface area (Å²) in [4.78, 5) is 37.5. The Labute approximate surface area is 346 Å². The van der Waals surface area contributed by atoms with Gasteiger partial charge >= 0.3 is 17.9 Å². The summed E-state index contributed by atoms with van der Waals surface area (Å²) in [7, 11) is 0. The first-order valence-electron chi connectivity index (χ1n) is 23.6. The largest absolute Gasteiger partial charge is 0.462 e. The van der Waals surface area contributed by atoms with Crippen LogP contribution in [0.1, 0.15) is 233 Å². The Hall–Kier alpha value is -2.63. The quantitative estimate of drug-likeness (QED) is 0.0265. The molecule has 0 fully saturated rings. The minimum Gasteiger partial charge on any atom is -0.462 e. The maximum Gasteiger partial charge on any atom is 0.306 e. The van der Waals surface area contributed by atoms with Crippen molar-refractivity contribution in [2.45, 2.75) is 239 Å². The molecule has 324 valence electrons. The summed E-state index contributed by atoms with van der Waals surface area (Å²) in [5, 5.41) is 0. The molecule has 6 heteroatoms. The zero-order valence-electron chi connectivity index (χ0n) is 36.9. The number of ether oxygens (including phenoxy) is 3. The Balaban J connectivity index is 4.23. The van der Waals surface area contributed by atoms with Gasteiger partial charge in [-0.05, 0) is 83.5 Å². The lowest BCUT2D eigenvalue weighted by Gasteiger charge is -2.18. The molecule has 0 rings (SSSR count). The van der Waals surface area contributed by atoms with E-state index >= 15 is 0 Å². The van der Waals surface area contributed by atoms with Crippen LogP contribution in [-0.2, 0) is 28.6 Å². The fourth-order valence-corrected chi connectivity index (χ4v) is 6.44. The molecule has 0 saturated carbocycles. The molecule has 0 N–H and O–H groups in total. The summed E-state index contributed by atoms with van der Waals surface area (Å²) in [6, 6.07) is 0. The lowest BCUT2D eigenvalue weighted by atomic mass is 10.1. The summed E-state index contributed by atoms with van der Waals surface area (Å²) in [5.41, 5.74) is 0. The summed E-state index contributed by atoms with van der Waals surface area (Å²) in [6.07, 6.45) is 52.6. The van der Waals surface area contributed by atoms with Crippen molar-refractivity contribution < 1.29 is 28.6 Å². The van der Waals surface area contributed by atoms with Crippen molar-refractivity contribution in [1.29, 1.82) is 0 Å². The predicted octanol–water partition coefficient (Wildman–Crippen LogP) is 15.1. The molecule has 0 saturated heterocycles. The molecule has 0 bridgehead atoms. The van der Waals surface area contributed by atoms with Gasteiger partial charge < -0.3 is 14.2 Å². The van der Waals surface area contributed by atoms with Crippen LogP contribution in [0.15, 0.2) is 48.6 Å². The fraction of sp³-hybridized carbons (Fsp3) is 0.780. The van der Waals surface area contributed by atoms with Crippen molar-refractivity contribution in [3.05, 3.63) is 48.6 Å². The minimum absolute atomic E-state index is 0.0823. The van der Waals surface area contributed by atoms with E-state index in [-0.39, 0.29) is 31.1 Å². The Morgan fingerprint density at radius 2 is 0.643 bits per heavy atom. The molecule has 56 heavy (non-hydrogen) atoms. The van der Waals surface area contributed by atoms with E-state index in [1.165, 1.54) is 89.9 Å². The van der Waals surface area contributed by atoms with E-state index in [4.69, 9.17) is 14.2 Å². The zero-order valence-corrected chi connectivity index (χ0v) is 36.9. The van der Waals surface area contributed by atoms with Crippen LogP contribution in [0, 0.1) is 0 Å². The number of carbonyl (C=O) groups is 3. The van der Waals surface area contributed by atoms with Crippen LogP contribution in [0.4, 0.5) is 0 Å². The number of esters is 3. The van der Waals surface area contributed by atoms with Crippen LogP contribution in [0.5, 0.6) is 0 Å². The second kappa shape index (κ2) is 45.1. The van der Waals surface area contributed by atoms with Crippen molar-refractivity contribution in [2.75, 3.05) is 13.2 Å². The molecule has 0 aliphatic heterocycles. The van der Waals surface area contributed by atoms with Gasteiger partial charge in [-0.2, -0.15) is 0 Å². The topological polar surface area (TPSA) is 78.9 Å². The van der Waals surface area contributed by atoms with Gasteiger partial charge in [-0.1, -0.05) is 179 Å². The van der Waals surface area contributed by atoms with Crippen molar-refractivity contribution in [3.8, 4) is 0 Å². The van der Waals surface area contributed by atoms with Crippen LogP contribution in [-0.4, -0.2) is 37.2 Å². The van der Waals surface area contributed by atoms with Crippen molar-refractivity contribution in [2.24, 2.45) is 0 Å². The van der Waals surface area contributed by atoms with Gasteiger partial charge in [-0.3, -0.25) is 14.4 Å². The summed E-state index contributed by atoms with van der Waals surface area (Å²) in [5.74, 6) is -0.917. The second-order valence-corrected chi connectivity index (χ2v) is 15.7. The van der Waals surface area contributed by atoms with Gasteiger partial charge in [0.15, 0.2) is 6.10 Å². The third kappa shape index (κ3) is 42.5. The van der Waals surface area contributed by atoms with E-state index in [1.54, 1.807) is 0 Å². The monoisotopic (exact) mass is 785 g/mol. The van der Waals surface area contributed by atoms with Crippen LogP contribution in [0.25, 0.3) is 0 Å². The number of unbranched alkanes of at least 4 members (excludes halogenated alkanes) is 23. The Morgan fingerprint density at radius 3 is 1.04 bits per heavy atom. The van der Waals surface area contributed by atoms with Gasteiger partial charge in [0.1, 0.15) is 13.2 Å². The van der Waals surface area contributed by atoms with Crippen LogP contribution in [0.2, 0.25) is 0 Å². The number of rotatable bonds is 42. The maximum absolute atomic E-state index is 12.7. The molecule has 0 aromatic heterocycles. The highest BCUT2D eigenvalue weighted by molar-refractivity contribution is 5.71. The average molecular weight is 785 g/mol. The predicted molar refractivity (Wildman–Crippen MR) is 238 cm³/mol. The first-order valence-corrected chi connectivity index (χ1v) is 23.6.